The molecule has 0 aromatic heterocycles. The summed E-state index contributed by atoms with van der Waals surface area (Å²) in [5.41, 5.74) is 0.931. The van der Waals surface area contributed by atoms with Gasteiger partial charge in [0.15, 0.2) is 11.4 Å². The molecular formula is C21H21ClN2O6S. The van der Waals surface area contributed by atoms with Crippen molar-refractivity contribution >= 4 is 44.9 Å². The largest absolute Gasteiger partial charge is 0.482 e. The third-order valence-electron chi connectivity index (χ3n) is 5.46. The predicted molar refractivity (Wildman–Crippen MR) is 116 cm³/mol. The fraction of sp³-hybridized carbons (Fsp3) is 0.333. The lowest BCUT2D eigenvalue weighted by Crippen LogP contribution is -2.42. The average molecular weight is 465 g/mol. The number of nitrogens with one attached hydrogen (secondary N) is 1. The summed E-state index contributed by atoms with van der Waals surface area (Å²) < 4.78 is 36.3. The van der Waals surface area contributed by atoms with Crippen molar-refractivity contribution in [3.8, 4) is 5.75 Å². The lowest BCUT2D eigenvalue weighted by Gasteiger charge is -2.23. The van der Waals surface area contributed by atoms with Crippen molar-refractivity contribution in [3.63, 3.8) is 0 Å². The molecule has 1 aliphatic carbocycles. The molecule has 1 saturated heterocycles. The zero-order valence-electron chi connectivity index (χ0n) is 16.7. The zero-order valence-corrected chi connectivity index (χ0v) is 18.3. The quantitative estimate of drug-likeness (QED) is 0.632. The van der Waals surface area contributed by atoms with E-state index >= 15 is 0 Å². The van der Waals surface area contributed by atoms with Crippen LogP contribution in [0.2, 0.25) is 5.02 Å². The van der Waals surface area contributed by atoms with E-state index in [1.54, 1.807) is 55.5 Å². The number of carbonyl (C=O) groups is 2. The van der Waals surface area contributed by atoms with Gasteiger partial charge in [-0.1, -0.05) is 11.6 Å². The molecular weight excluding hydrogens is 444 g/mol. The van der Waals surface area contributed by atoms with Gasteiger partial charge in [-0.2, -0.15) is 0 Å². The number of fused-ring (bicyclic) bond motifs is 1. The van der Waals surface area contributed by atoms with E-state index in [0.717, 1.165) is 0 Å². The lowest BCUT2D eigenvalue weighted by atomic mass is 10.2. The lowest BCUT2D eigenvalue weighted by molar-refractivity contribution is -0.145. The maximum absolute atomic E-state index is 13.2. The van der Waals surface area contributed by atoms with Crippen LogP contribution in [0.25, 0.3) is 0 Å². The van der Waals surface area contributed by atoms with Gasteiger partial charge in [-0.15, -0.1) is 0 Å². The molecule has 0 radical (unpaired) electrons. The summed E-state index contributed by atoms with van der Waals surface area (Å²) in [6.45, 7) is 2.02. The molecule has 1 saturated carbocycles. The van der Waals surface area contributed by atoms with Crippen LogP contribution in [0.4, 0.5) is 11.4 Å². The number of rotatable bonds is 7. The Balaban J connectivity index is 1.43. The monoisotopic (exact) mass is 464 g/mol. The van der Waals surface area contributed by atoms with Crippen LogP contribution in [0.1, 0.15) is 13.3 Å². The third kappa shape index (κ3) is 3.83. The van der Waals surface area contributed by atoms with Gasteiger partial charge in [0.1, 0.15) is 5.75 Å². The number of esters is 1. The molecule has 0 bridgehead atoms. The molecule has 2 atom stereocenters. The Morgan fingerprint density at radius 2 is 1.84 bits per heavy atom. The summed E-state index contributed by atoms with van der Waals surface area (Å²) in [6.07, 6.45) is 0.298. The summed E-state index contributed by atoms with van der Waals surface area (Å²) in [4.78, 5) is 24.3. The van der Waals surface area contributed by atoms with Crippen LogP contribution in [0.5, 0.6) is 5.75 Å². The number of hydrogen-bond acceptors (Lipinski definition) is 6. The Morgan fingerprint density at radius 1 is 1.16 bits per heavy atom. The normalized spacial score (nSPS) is 23.0. The number of sulfonamides is 1. The topological polar surface area (TPSA) is 102 Å². The molecule has 0 spiro atoms. The number of halogens is 1. The van der Waals surface area contributed by atoms with Crippen molar-refractivity contribution in [3.05, 3.63) is 53.6 Å². The SMILES string of the molecule is CCOC(=O)COc1ccc(NC(=O)C23CC2CN(c2ccc(Cl)cc2)S3(=O)=O)cc1. The van der Waals surface area contributed by atoms with E-state index in [4.69, 9.17) is 21.1 Å². The minimum atomic E-state index is -3.87. The van der Waals surface area contributed by atoms with Gasteiger partial charge in [-0.25, -0.2) is 13.2 Å². The molecule has 31 heavy (non-hydrogen) atoms. The number of carbonyl (C=O) groups excluding carboxylic acids is 2. The molecule has 1 N–H and O–H groups in total. The first-order valence-corrected chi connectivity index (χ1v) is 11.6. The number of ether oxygens (including phenoxy) is 2. The second kappa shape index (κ2) is 8.05. The summed E-state index contributed by atoms with van der Waals surface area (Å²) in [5, 5.41) is 3.21. The van der Waals surface area contributed by atoms with E-state index in [9.17, 15) is 18.0 Å². The number of amides is 1. The highest BCUT2D eigenvalue weighted by molar-refractivity contribution is 7.95. The van der Waals surface area contributed by atoms with Crippen LogP contribution >= 0.6 is 11.6 Å². The van der Waals surface area contributed by atoms with Gasteiger partial charge in [-0.3, -0.25) is 9.10 Å². The summed E-state index contributed by atoms with van der Waals surface area (Å²) in [5.74, 6) is -0.860. The molecule has 2 fully saturated rings. The van der Waals surface area contributed by atoms with Crippen LogP contribution < -0.4 is 14.4 Å². The smallest absolute Gasteiger partial charge is 0.344 e. The molecule has 2 aliphatic rings. The minimum Gasteiger partial charge on any atom is -0.482 e. The predicted octanol–water partition coefficient (Wildman–Crippen LogP) is 2.83. The number of benzene rings is 2. The fourth-order valence-corrected chi connectivity index (χ4v) is 6.28. The van der Waals surface area contributed by atoms with Crippen LogP contribution in [0.3, 0.4) is 0 Å². The van der Waals surface area contributed by atoms with E-state index in [0.29, 0.717) is 28.6 Å². The molecule has 2 unspecified atom stereocenters. The average Bonchev–Trinajstić information content (AvgIpc) is 3.44. The van der Waals surface area contributed by atoms with Crippen LogP contribution in [0.15, 0.2) is 48.5 Å². The van der Waals surface area contributed by atoms with Crippen molar-refractivity contribution in [2.24, 2.45) is 5.92 Å². The van der Waals surface area contributed by atoms with Gasteiger partial charge in [0.2, 0.25) is 15.9 Å². The van der Waals surface area contributed by atoms with Crippen molar-refractivity contribution in [2.75, 3.05) is 29.4 Å². The molecule has 2 aromatic carbocycles. The van der Waals surface area contributed by atoms with Gasteiger partial charge in [-0.05, 0) is 61.9 Å². The molecule has 1 amide bonds. The Kier molecular flexibility index (Phi) is 5.57. The molecule has 8 nitrogen and oxygen atoms in total. The Bertz CT molecular complexity index is 1100. The van der Waals surface area contributed by atoms with Gasteiger partial charge in [0.25, 0.3) is 0 Å². The number of nitrogens with zero attached hydrogens (tertiary/aromatic N) is 1. The van der Waals surface area contributed by atoms with Crippen molar-refractivity contribution in [1.82, 2.24) is 0 Å². The van der Waals surface area contributed by atoms with Crippen molar-refractivity contribution < 1.29 is 27.5 Å². The second-order valence-corrected chi connectivity index (χ2v) is 9.93. The van der Waals surface area contributed by atoms with Crippen LogP contribution in [-0.2, 0) is 24.3 Å². The van der Waals surface area contributed by atoms with E-state index < -0.39 is 26.6 Å². The second-order valence-electron chi connectivity index (χ2n) is 7.38. The van der Waals surface area contributed by atoms with Gasteiger partial charge >= 0.3 is 5.97 Å². The first-order chi connectivity index (χ1) is 14.8. The Labute approximate surface area is 185 Å². The highest BCUT2D eigenvalue weighted by atomic mass is 35.5. The van der Waals surface area contributed by atoms with Crippen LogP contribution in [0, 0.1) is 5.92 Å². The van der Waals surface area contributed by atoms with E-state index in [1.807, 2.05) is 0 Å². The Morgan fingerprint density at radius 3 is 2.48 bits per heavy atom. The number of anilines is 2. The first kappa shape index (κ1) is 21.5. The summed E-state index contributed by atoms with van der Waals surface area (Å²) in [7, 11) is -3.87. The highest BCUT2D eigenvalue weighted by Gasteiger charge is 2.75. The van der Waals surface area contributed by atoms with Gasteiger partial charge in [0.05, 0.1) is 12.3 Å². The molecule has 1 heterocycles. The van der Waals surface area contributed by atoms with E-state index in [-0.39, 0.29) is 25.7 Å². The third-order valence-corrected chi connectivity index (χ3v) is 8.26. The zero-order chi connectivity index (χ0) is 22.2. The maximum atomic E-state index is 13.2. The van der Waals surface area contributed by atoms with Gasteiger partial charge < -0.3 is 14.8 Å². The van der Waals surface area contributed by atoms with Crippen LogP contribution in [-0.4, -0.2) is 44.8 Å². The standard InChI is InChI=1S/C21H21ClN2O6S/c1-2-29-19(25)13-30-18-9-5-16(6-10-18)23-20(26)21-11-14(21)12-24(31(21,27)28)17-7-3-15(22)4-8-17/h3-10,14H,2,11-13H2,1H3,(H,23,26). The molecule has 2 aromatic rings. The number of hydrogen-bond donors (Lipinski definition) is 1. The molecule has 1 aliphatic heterocycles. The highest BCUT2D eigenvalue weighted by Crippen LogP contribution is 2.58. The Hall–Kier alpha value is -2.78. The molecule has 164 valence electrons. The van der Waals surface area contributed by atoms with Crippen molar-refractivity contribution in [1.29, 1.82) is 0 Å². The van der Waals surface area contributed by atoms with E-state index in [2.05, 4.69) is 5.32 Å². The van der Waals surface area contributed by atoms with E-state index in [1.165, 1.54) is 4.31 Å². The minimum absolute atomic E-state index is 0.219. The maximum Gasteiger partial charge on any atom is 0.344 e. The first-order valence-electron chi connectivity index (χ1n) is 9.75. The fourth-order valence-electron chi connectivity index (χ4n) is 3.79. The molecule has 10 heteroatoms. The summed E-state index contributed by atoms with van der Waals surface area (Å²) in [6, 6.07) is 12.8. The van der Waals surface area contributed by atoms with Gasteiger partial charge in [0, 0.05) is 23.2 Å². The van der Waals surface area contributed by atoms with Crippen molar-refractivity contribution in [2.45, 2.75) is 18.1 Å². The summed E-state index contributed by atoms with van der Waals surface area (Å²) >= 11 is 5.89. The molecule has 4 rings (SSSR count).